The van der Waals surface area contributed by atoms with Crippen molar-refractivity contribution in [3.8, 4) is 0 Å². The molecule has 0 spiro atoms. The fourth-order valence-corrected chi connectivity index (χ4v) is 2.49. The van der Waals surface area contributed by atoms with E-state index in [4.69, 9.17) is 5.11 Å². The van der Waals surface area contributed by atoms with E-state index in [1.54, 1.807) is 24.3 Å². The standard InChI is InChI=1S/C19H16BrN3O6/c20-14-6-4-13(5-7-14)18(26)22-16(19(27)21-9-8-17(24)25)11-12-2-1-3-15(10-12)23(28)29/h1-7,10-11H,8-9H2,(H,21,27)(H,22,26)(H,24,25)/b16-11+. The van der Waals surface area contributed by atoms with Gasteiger partial charge in [-0.2, -0.15) is 0 Å². The van der Waals surface area contributed by atoms with E-state index >= 15 is 0 Å². The summed E-state index contributed by atoms with van der Waals surface area (Å²) in [5, 5.41) is 24.5. The zero-order valence-electron chi connectivity index (χ0n) is 14.9. The zero-order chi connectivity index (χ0) is 21.4. The SMILES string of the molecule is O=C(O)CCNC(=O)/C(=C\c1cccc([N+](=O)[O-])c1)NC(=O)c1ccc(Br)cc1. The minimum atomic E-state index is -1.09. The number of carboxylic acid groups (broad SMARTS) is 1. The van der Waals surface area contributed by atoms with Gasteiger partial charge in [0.15, 0.2) is 0 Å². The lowest BCUT2D eigenvalue weighted by molar-refractivity contribution is -0.384. The van der Waals surface area contributed by atoms with E-state index in [0.29, 0.717) is 5.56 Å². The summed E-state index contributed by atoms with van der Waals surface area (Å²) in [7, 11) is 0. The van der Waals surface area contributed by atoms with Crippen molar-refractivity contribution in [1.29, 1.82) is 0 Å². The quantitative estimate of drug-likeness (QED) is 0.313. The first-order valence-corrected chi connectivity index (χ1v) is 9.08. The number of hydrogen-bond acceptors (Lipinski definition) is 5. The van der Waals surface area contributed by atoms with Crippen LogP contribution >= 0.6 is 15.9 Å². The highest BCUT2D eigenvalue weighted by Crippen LogP contribution is 2.16. The summed E-state index contributed by atoms with van der Waals surface area (Å²) >= 11 is 3.26. The molecule has 3 N–H and O–H groups in total. The van der Waals surface area contributed by atoms with Crippen LogP contribution in [0.5, 0.6) is 0 Å². The smallest absolute Gasteiger partial charge is 0.305 e. The molecule has 0 aliphatic rings. The molecule has 2 aromatic rings. The summed E-state index contributed by atoms with van der Waals surface area (Å²) in [6, 6.07) is 11.9. The number of nitrogens with one attached hydrogen (secondary N) is 2. The summed E-state index contributed by atoms with van der Waals surface area (Å²) < 4.78 is 0.771. The topological polar surface area (TPSA) is 139 Å². The monoisotopic (exact) mass is 461 g/mol. The van der Waals surface area contributed by atoms with Gasteiger partial charge in [-0.3, -0.25) is 24.5 Å². The second kappa shape index (κ2) is 10.1. The number of hydrogen-bond donors (Lipinski definition) is 3. The average Bonchev–Trinajstić information content (AvgIpc) is 2.67. The Bertz CT molecular complexity index is 972. The third kappa shape index (κ3) is 6.85. The number of nitro benzene ring substituents is 1. The molecule has 29 heavy (non-hydrogen) atoms. The second-order valence-corrected chi connectivity index (χ2v) is 6.69. The number of carbonyl (C=O) groups is 3. The molecule has 0 aromatic heterocycles. The van der Waals surface area contributed by atoms with Crippen molar-refractivity contribution in [2.75, 3.05) is 6.54 Å². The van der Waals surface area contributed by atoms with Crippen molar-refractivity contribution in [1.82, 2.24) is 10.6 Å². The van der Waals surface area contributed by atoms with Crippen molar-refractivity contribution in [2.24, 2.45) is 0 Å². The van der Waals surface area contributed by atoms with Crippen LogP contribution in [0, 0.1) is 10.1 Å². The Balaban J connectivity index is 2.29. The molecule has 0 unspecified atom stereocenters. The Kier molecular flexibility index (Phi) is 7.61. The van der Waals surface area contributed by atoms with Gasteiger partial charge < -0.3 is 15.7 Å². The van der Waals surface area contributed by atoms with E-state index in [-0.39, 0.29) is 29.9 Å². The molecule has 0 atom stereocenters. The predicted molar refractivity (Wildman–Crippen MR) is 108 cm³/mol. The van der Waals surface area contributed by atoms with Crippen LogP contribution in [0.3, 0.4) is 0 Å². The summed E-state index contributed by atoms with van der Waals surface area (Å²) in [6.07, 6.45) is 0.982. The predicted octanol–water partition coefficient (Wildman–Crippen LogP) is 2.72. The molecular formula is C19H16BrN3O6. The number of amides is 2. The highest BCUT2D eigenvalue weighted by molar-refractivity contribution is 9.10. The van der Waals surface area contributed by atoms with E-state index in [2.05, 4.69) is 26.6 Å². The summed E-state index contributed by atoms with van der Waals surface area (Å²) in [5.74, 6) is -2.38. The summed E-state index contributed by atoms with van der Waals surface area (Å²) in [4.78, 5) is 45.9. The molecule has 2 rings (SSSR count). The van der Waals surface area contributed by atoms with Crippen LogP contribution in [0.25, 0.3) is 6.08 Å². The normalized spacial score (nSPS) is 10.9. The first kappa shape index (κ1) is 21.8. The Morgan fingerprint density at radius 1 is 1.14 bits per heavy atom. The number of nitrogens with zero attached hydrogens (tertiary/aromatic N) is 1. The van der Waals surface area contributed by atoms with Crippen molar-refractivity contribution < 1.29 is 24.4 Å². The highest BCUT2D eigenvalue weighted by atomic mass is 79.9. The number of aliphatic carboxylic acids is 1. The molecule has 0 heterocycles. The first-order valence-electron chi connectivity index (χ1n) is 8.29. The first-order chi connectivity index (χ1) is 13.8. The molecule has 2 aromatic carbocycles. The number of non-ortho nitro benzene ring substituents is 1. The van der Waals surface area contributed by atoms with Crippen molar-refractivity contribution in [2.45, 2.75) is 6.42 Å². The molecule has 150 valence electrons. The number of rotatable bonds is 8. The fourth-order valence-electron chi connectivity index (χ4n) is 2.23. The van der Waals surface area contributed by atoms with E-state index < -0.39 is 22.7 Å². The number of halogens is 1. The van der Waals surface area contributed by atoms with Crippen LogP contribution < -0.4 is 10.6 Å². The number of benzene rings is 2. The average molecular weight is 462 g/mol. The molecule has 0 fully saturated rings. The maximum absolute atomic E-state index is 12.5. The Hall–Kier alpha value is -3.53. The second-order valence-electron chi connectivity index (χ2n) is 5.77. The van der Waals surface area contributed by atoms with Crippen LogP contribution in [-0.4, -0.2) is 34.4 Å². The maximum atomic E-state index is 12.5. The molecule has 0 radical (unpaired) electrons. The van der Waals surface area contributed by atoms with E-state index in [1.165, 1.54) is 30.3 Å². The number of carboxylic acids is 1. The largest absolute Gasteiger partial charge is 0.481 e. The van der Waals surface area contributed by atoms with Gasteiger partial charge in [0, 0.05) is 28.7 Å². The van der Waals surface area contributed by atoms with Crippen LogP contribution in [0.2, 0.25) is 0 Å². The molecule has 0 saturated carbocycles. The molecule has 0 bridgehead atoms. The Labute approximate surface area is 173 Å². The molecule has 10 heteroatoms. The van der Waals surface area contributed by atoms with Crippen molar-refractivity contribution in [3.05, 3.63) is 79.9 Å². The van der Waals surface area contributed by atoms with Crippen LogP contribution in [-0.2, 0) is 9.59 Å². The minimum absolute atomic E-state index is 0.144. The van der Waals surface area contributed by atoms with Crippen molar-refractivity contribution >= 4 is 45.5 Å². The van der Waals surface area contributed by atoms with Gasteiger partial charge in [0.05, 0.1) is 11.3 Å². The van der Waals surface area contributed by atoms with E-state index in [1.807, 2.05) is 0 Å². The van der Waals surface area contributed by atoms with Gasteiger partial charge in [-0.1, -0.05) is 28.1 Å². The van der Waals surface area contributed by atoms with E-state index in [9.17, 15) is 24.5 Å². The Morgan fingerprint density at radius 3 is 2.45 bits per heavy atom. The number of nitro groups is 1. The van der Waals surface area contributed by atoms with Gasteiger partial charge in [0.2, 0.25) is 0 Å². The summed E-state index contributed by atoms with van der Waals surface area (Å²) in [5.41, 5.74) is 0.252. The molecule has 0 aliphatic heterocycles. The van der Waals surface area contributed by atoms with E-state index in [0.717, 1.165) is 4.47 Å². The third-order valence-electron chi connectivity index (χ3n) is 3.62. The van der Waals surface area contributed by atoms with Gasteiger partial charge in [-0.05, 0) is 35.9 Å². The zero-order valence-corrected chi connectivity index (χ0v) is 16.5. The Morgan fingerprint density at radius 2 is 1.83 bits per heavy atom. The third-order valence-corrected chi connectivity index (χ3v) is 4.14. The fraction of sp³-hybridized carbons (Fsp3) is 0.105. The van der Waals surface area contributed by atoms with Gasteiger partial charge in [-0.25, -0.2) is 0 Å². The minimum Gasteiger partial charge on any atom is -0.481 e. The lowest BCUT2D eigenvalue weighted by Gasteiger charge is -2.11. The molecule has 2 amide bonds. The van der Waals surface area contributed by atoms with Gasteiger partial charge in [0.25, 0.3) is 17.5 Å². The molecule has 0 aliphatic carbocycles. The van der Waals surface area contributed by atoms with Gasteiger partial charge in [0.1, 0.15) is 5.70 Å². The van der Waals surface area contributed by atoms with Gasteiger partial charge in [-0.15, -0.1) is 0 Å². The van der Waals surface area contributed by atoms with Gasteiger partial charge >= 0.3 is 5.97 Å². The number of carbonyl (C=O) groups excluding carboxylic acids is 2. The van der Waals surface area contributed by atoms with Crippen LogP contribution in [0.4, 0.5) is 5.69 Å². The lowest BCUT2D eigenvalue weighted by atomic mass is 10.1. The lowest BCUT2D eigenvalue weighted by Crippen LogP contribution is -2.35. The van der Waals surface area contributed by atoms with Crippen LogP contribution in [0.15, 0.2) is 58.7 Å². The molecular weight excluding hydrogens is 446 g/mol. The highest BCUT2D eigenvalue weighted by Gasteiger charge is 2.15. The summed E-state index contributed by atoms with van der Waals surface area (Å²) in [6.45, 7) is -0.144. The molecule has 9 nitrogen and oxygen atoms in total. The molecule has 0 saturated heterocycles. The van der Waals surface area contributed by atoms with Crippen molar-refractivity contribution in [3.63, 3.8) is 0 Å². The van der Waals surface area contributed by atoms with Crippen LogP contribution in [0.1, 0.15) is 22.3 Å². The maximum Gasteiger partial charge on any atom is 0.305 e.